The van der Waals surface area contributed by atoms with Crippen LogP contribution in [0, 0.1) is 6.92 Å². The van der Waals surface area contributed by atoms with Crippen LogP contribution in [-0.4, -0.2) is 22.5 Å². The van der Waals surface area contributed by atoms with Gasteiger partial charge in [-0.1, -0.05) is 0 Å². The molecule has 1 N–H and O–H groups in total. The fourth-order valence-electron chi connectivity index (χ4n) is 0.0357. The maximum Gasteiger partial charge on any atom is 0.0918 e. The molecule has 0 saturated carbocycles. The van der Waals surface area contributed by atoms with Gasteiger partial charge in [0.2, 0.25) is 0 Å². The fraction of sp³-hybridized carbons (Fsp3) is 0.750. The van der Waals surface area contributed by atoms with E-state index in [0.29, 0.717) is 0 Å². The Hall–Kier alpha value is 0.540. The molecule has 0 aromatic rings. The lowest BCUT2D eigenvalue weighted by molar-refractivity contribution is 0.137. The molecule has 0 heterocycles. The van der Waals surface area contributed by atoms with Crippen molar-refractivity contribution in [3.05, 3.63) is 6.92 Å². The topological polar surface area (TPSA) is 20.2 Å². The zero-order chi connectivity index (χ0) is 5.91. The number of hydrogen-bond donors (Lipinski definition) is 1. The van der Waals surface area contributed by atoms with Crippen LogP contribution in [0.4, 0.5) is 0 Å². The van der Waals surface area contributed by atoms with E-state index >= 15 is 0 Å². The zero-order valence-electron chi connectivity index (χ0n) is 3.82. The molecule has 3 heteroatoms. The molecule has 1 nitrogen and oxygen atoms in total. The van der Waals surface area contributed by atoms with Crippen molar-refractivity contribution in [2.75, 3.05) is 11.8 Å². The SMILES string of the molecule is [CH2]C(O)(CCl)CCl. The third-order valence-electron chi connectivity index (χ3n) is 0.497. The van der Waals surface area contributed by atoms with Crippen LogP contribution in [0.3, 0.4) is 0 Å². The van der Waals surface area contributed by atoms with Crippen LogP contribution in [0.2, 0.25) is 0 Å². The Labute approximate surface area is 53.2 Å². The molecule has 0 spiro atoms. The molecular weight excluding hydrogens is 135 g/mol. The van der Waals surface area contributed by atoms with Gasteiger partial charge in [0.05, 0.1) is 17.4 Å². The lowest BCUT2D eigenvalue weighted by Crippen LogP contribution is -2.28. The maximum absolute atomic E-state index is 8.76. The van der Waals surface area contributed by atoms with Gasteiger partial charge in [-0.2, -0.15) is 0 Å². The van der Waals surface area contributed by atoms with Crippen LogP contribution >= 0.6 is 23.2 Å². The summed E-state index contributed by atoms with van der Waals surface area (Å²) in [5.41, 5.74) is -1.14. The highest BCUT2D eigenvalue weighted by molar-refractivity contribution is 6.21. The summed E-state index contributed by atoms with van der Waals surface area (Å²) in [6, 6.07) is 0. The number of hydrogen-bond acceptors (Lipinski definition) is 1. The standard InChI is InChI=1S/C4H7Cl2O/c1-4(7,2-5)3-6/h7H,1-3H2. The Kier molecular flexibility index (Phi) is 2.96. The highest BCUT2D eigenvalue weighted by Gasteiger charge is 2.15. The monoisotopic (exact) mass is 141 g/mol. The van der Waals surface area contributed by atoms with E-state index in [1.54, 1.807) is 0 Å². The van der Waals surface area contributed by atoms with Crippen LogP contribution in [0.25, 0.3) is 0 Å². The van der Waals surface area contributed by atoms with E-state index < -0.39 is 5.60 Å². The molecule has 0 fully saturated rings. The predicted octanol–water partition coefficient (Wildman–Crippen LogP) is 1.03. The zero-order valence-corrected chi connectivity index (χ0v) is 5.34. The molecule has 0 aliphatic carbocycles. The van der Waals surface area contributed by atoms with Crippen molar-refractivity contribution in [1.82, 2.24) is 0 Å². The summed E-state index contributed by atoms with van der Waals surface area (Å²) in [6.07, 6.45) is 0. The van der Waals surface area contributed by atoms with E-state index in [0.717, 1.165) is 0 Å². The number of halogens is 2. The fourth-order valence-corrected chi connectivity index (χ4v) is 0.321. The molecular formula is C4H7Cl2O. The molecule has 1 radical (unpaired) electrons. The van der Waals surface area contributed by atoms with E-state index in [1.807, 2.05) is 0 Å². The van der Waals surface area contributed by atoms with Crippen molar-refractivity contribution in [2.24, 2.45) is 0 Å². The molecule has 0 aliphatic heterocycles. The van der Waals surface area contributed by atoms with E-state index in [-0.39, 0.29) is 11.8 Å². The van der Waals surface area contributed by atoms with Crippen LogP contribution in [0.1, 0.15) is 0 Å². The van der Waals surface area contributed by atoms with Crippen molar-refractivity contribution >= 4 is 23.2 Å². The molecule has 7 heavy (non-hydrogen) atoms. The van der Waals surface area contributed by atoms with Gasteiger partial charge in [-0.15, -0.1) is 23.2 Å². The second kappa shape index (κ2) is 2.75. The lowest BCUT2D eigenvalue weighted by atomic mass is 10.2. The molecule has 0 aromatic carbocycles. The Morgan fingerprint density at radius 2 is 1.71 bits per heavy atom. The first-order chi connectivity index (χ1) is 3.12. The van der Waals surface area contributed by atoms with Crippen LogP contribution in [0.15, 0.2) is 0 Å². The first-order valence-electron chi connectivity index (χ1n) is 1.82. The average Bonchev–Trinajstić information content (AvgIpc) is 1.68. The maximum atomic E-state index is 8.76. The highest BCUT2D eigenvalue weighted by atomic mass is 35.5. The van der Waals surface area contributed by atoms with E-state index in [1.165, 1.54) is 0 Å². The van der Waals surface area contributed by atoms with Crippen LogP contribution in [0.5, 0.6) is 0 Å². The summed E-state index contributed by atoms with van der Waals surface area (Å²) in [4.78, 5) is 0. The summed E-state index contributed by atoms with van der Waals surface area (Å²) in [6.45, 7) is 3.30. The number of rotatable bonds is 2. The van der Waals surface area contributed by atoms with Gasteiger partial charge in [-0.3, -0.25) is 0 Å². The first-order valence-corrected chi connectivity index (χ1v) is 2.89. The molecule has 0 unspecified atom stereocenters. The third-order valence-corrected chi connectivity index (χ3v) is 1.49. The Balaban J connectivity index is 3.36. The van der Waals surface area contributed by atoms with Gasteiger partial charge in [-0.05, 0) is 6.92 Å². The largest absolute Gasteiger partial charge is 0.387 e. The summed E-state index contributed by atoms with van der Waals surface area (Å²) < 4.78 is 0. The average molecular weight is 142 g/mol. The van der Waals surface area contributed by atoms with E-state index in [4.69, 9.17) is 28.3 Å². The van der Waals surface area contributed by atoms with Crippen LogP contribution in [-0.2, 0) is 0 Å². The molecule has 0 saturated heterocycles. The molecule has 0 aromatic heterocycles. The van der Waals surface area contributed by atoms with Crippen LogP contribution < -0.4 is 0 Å². The second-order valence-electron chi connectivity index (χ2n) is 1.49. The van der Waals surface area contributed by atoms with Gasteiger partial charge >= 0.3 is 0 Å². The molecule has 0 bridgehead atoms. The van der Waals surface area contributed by atoms with Crippen molar-refractivity contribution in [1.29, 1.82) is 0 Å². The minimum Gasteiger partial charge on any atom is -0.387 e. The van der Waals surface area contributed by atoms with Crippen molar-refractivity contribution in [2.45, 2.75) is 5.60 Å². The van der Waals surface area contributed by atoms with Gasteiger partial charge < -0.3 is 5.11 Å². The van der Waals surface area contributed by atoms with Gasteiger partial charge in [0.1, 0.15) is 0 Å². The second-order valence-corrected chi connectivity index (χ2v) is 2.03. The third kappa shape index (κ3) is 3.15. The Morgan fingerprint density at radius 3 is 1.71 bits per heavy atom. The Bertz CT molecular complexity index is 47.7. The van der Waals surface area contributed by atoms with Gasteiger partial charge in [-0.25, -0.2) is 0 Å². The van der Waals surface area contributed by atoms with Crippen molar-refractivity contribution < 1.29 is 5.11 Å². The van der Waals surface area contributed by atoms with E-state index in [9.17, 15) is 0 Å². The van der Waals surface area contributed by atoms with E-state index in [2.05, 4.69) is 6.92 Å². The predicted molar refractivity (Wildman–Crippen MR) is 31.7 cm³/mol. The molecule has 0 atom stereocenters. The molecule has 0 amide bonds. The molecule has 0 rings (SSSR count). The normalized spacial score (nSPS) is 12.0. The van der Waals surface area contributed by atoms with Gasteiger partial charge in [0.15, 0.2) is 0 Å². The number of aliphatic hydroxyl groups is 1. The minimum absolute atomic E-state index is 0.0799. The quantitative estimate of drug-likeness (QED) is 0.571. The van der Waals surface area contributed by atoms with Crippen molar-refractivity contribution in [3.8, 4) is 0 Å². The Morgan fingerprint density at radius 1 is 1.43 bits per heavy atom. The lowest BCUT2D eigenvalue weighted by Gasteiger charge is -2.13. The van der Waals surface area contributed by atoms with Gasteiger partial charge in [0, 0.05) is 0 Å². The van der Waals surface area contributed by atoms with Gasteiger partial charge in [0.25, 0.3) is 0 Å². The van der Waals surface area contributed by atoms with Crippen molar-refractivity contribution in [3.63, 3.8) is 0 Å². The summed E-state index contributed by atoms with van der Waals surface area (Å²) in [7, 11) is 0. The minimum atomic E-state index is -1.14. The molecule has 43 valence electrons. The number of alkyl halides is 2. The highest BCUT2D eigenvalue weighted by Crippen LogP contribution is 2.05. The summed E-state index contributed by atoms with van der Waals surface area (Å²) in [5, 5.41) is 8.76. The smallest absolute Gasteiger partial charge is 0.0918 e. The summed E-state index contributed by atoms with van der Waals surface area (Å²) >= 11 is 10.4. The summed E-state index contributed by atoms with van der Waals surface area (Å²) in [5.74, 6) is 0.160. The molecule has 0 aliphatic rings. The first kappa shape index (κ1) is 7.54.